The molecule has 6 aromatic rings. The van der Waals surface area contributed by atoms with Crippen LogP contribution in [0.4, 0.5) is 11.4 Å². The molecule has 0 spiro atoms. The van der Waals surface area contributed by atoms with Crippen LogP contribution >= 0.6 is 34.4 Å². The Balaban J connectivity index is 1.26. The van der Waals surface area contributed by atoms with Gasteiger partial charge in [-0.25, -0.2) is 0 Å². The van der Waals surface area contributed by atoms with E-state index in [0.717, 1.165) is 73.8 Å². The fraction of sp³-hybridized carbons (Fsp3) is 0.552. The number of rotatable bonds is 33. The summed E-state index contributed by atoms with van der Waals surface area (Å²) in [5.41, 5.74) is 11.0. The van der Waals surface area contributed by atoms with Crippen molar-refractivity contribution < 1.29 is 9.47 Å². The van der Waals surface area contributed by atoms with Crippen molar-refractivity contribution in [2.24, 2.45) is 0 Å². The van der Waals surface area contributed by atoms with Crippen LogP contribution in [-0.2, 0) is 0 Å². The van der Waals surface area contributed by atoms with Crippen LogP contribution in [0.5, 0.6) is 11.5 Å². The van der Waals surface area contributed by atoms with Gasteiger partial charge in [-0.05, 0) is 79.8 Å². The van der Waals surface area contributed by atoms with Crippen molar-refractivity contribution in [3.8, 4) is 53.9 Å². The number of hydrogen-bond acceptors (Lipinski definition) is 7. The second-order valence-electron chi connectivity index (χ2n) is 18.9. The average molecular weight is 947 g/mol. The van der Waals surface area contributed by atoms with Gasteiger partial charge in [-0.15, -0.1) is 22.7 Å². The van der Waals surface area contributed by atoms with Crippen molar-refractivity contribution in [1.29, 1.82) is 0 Å². The third-order valence-electron chi connectivity index (χ3n) is 13.9. The second kappa shape index (κ2) is 26.8. The van der Waals surface area contributed by atoms with Crippen LogP contribution < -0.4 is 14.0 Å². The highest BCUT2D eigenvalue weighted by Gasteiger charge is 2.43. The molecule has 0 saturated heterocycles. The van der Waals surface area contributed by atoms with Crippen molar-refractivity contribution >= 4 is 56.8 Å². The minimum absolute atomic E-state index is 0.653. The van der Waals surface area contributed by atoms with Gasteiger partial charge in [0.15, 0.2) is 11.5 Å². The molecule has 0 saturated carbocycles. The van der Waals surface area contributed by atoms with E-state index in [2.05, 4.69) is 99.8 Å². The van der Waals surface area contributed by atoms with Crippen molar-refractivity contribution in [3.63, 3.8) is 0 Å². The van der Waals surface area contributed by atoms with Gasteiger partial charge in [-0.2, -0.15) is 8.75 Å². The number of para-hydroxylation sites is 1. The maximum atomic E-state index is 7.05. The fourth-order valence-corrected chi connectivity index (χ4v) is 12.6. The number of nitrogens with zero attached hydrogens (tertiary/aromatic N) is 3. The van der Waals surface area contributed by atoms with E-state index in [1.54, 1.807) is 11.3 Å². The minimum atomic E-state index is 0.653. The van der Waals surface area contributed by atoms with E-state index in [9.17, 15) is 0 Å². The third kappa shape index (κ3) is 12.6. The number of benzene rings is 3. The highest BCUT2D eigenvalue weighted by molar-refractivity contribution is 7.19. The Morgan fingerprint density at radius 1 is 0.455 bits per heavy atom. The number of ether oxygens (including phenoxy) is 2. The Hall–Kier alpha value is -3.56. The highest BCUT2D eigenvalue weighted by atomic mass is 32.1. The summed E-state index contributed by atoms with van der Waals surface area (Å²) in [7, 11) is 0. The molecule has 0 bridgehead atoms. The molecule has 1 aliphatic rings. The fourth-order valence-electron chi connectivity index (χ4n) is 10.2. The molecule has 7 rings (SSSR count). The molecule has 0 aliphatic carbocycles. The van der Waals surface area contributed by atoms with E-state index >= 15 is 0 Å². The van der Waals surface area contributed by atoms with Crippen LogP contribution in [0.15, 0.2) is 72.1 Å². The van der Waals surface area contributed by atoms with Crippen LogP contribution in [-0.4, -0.2) is 35.1 Å². The molecule has 4 heterocycles. The maximum absolute atomic E-state index is 7.05. The molecule has 356 valence electrons. The standard InChI is InChI=1S/C58H80N3O2S3/c1-5-9-13-17-21-27-39-61(40-28-22-18-14-10-6-2)48-33-26-25-32-46(48)47-36-35-45(44-49(47)61)50-37-38-52(65-50)54-56-55(59-66-60-56)53(51-34-31-43-64-51)57(62-41-29-23-19-15-11-7-3)58(54)63-42-30-24-20-16-12-8-4/h25-26,31-38,43-44H,5-24,27-30,39-42H2,1-4H3/q+1. The van der Waals surface area contributed by atoms with Crippen LogP contribution in [0.25, 0.3) is 53.5 Å². The molecule has 5 nitrogen and oxygen atoms in total. The molecule has 66 heavy (non-hydrogen) atoms. The third-order valence-corrected chi connectivity index (χ3v) is 16.5. The lowest BCUT2D eigenvalue weighted by Gasteiger charge is -2.35. The number of thiophene rings is 2. The summed E-state index contributed by atoms with van der Waals surface area (Å²) in [5, 5.41) is 2.15. The van der Waals surface area contributed by atoms with Gasteiger partial charge in [0.1, 0.15) is 22.4 Å². The van der Waals surface area contributed by atoms with Gasteiger partial charge in [-0.1, -0.05) is 168 Å². The van der Waals surface area contributed by atoms with Crippen molar-refractivity contribution in [2.45, 2.75) is 182 Å². The molecular formula is C58H80N3O2S3+. The van der Waals surface area contributed by atoms with Gasteiger partial charge in [0, 0.05) is 37.9 Å². The second-order valence-corrected chi connectivity index (χ2v) is 21.5. The summed E-state index contributed by atoms with van der Waals surface area (Å²) >= 11 is 4.90. The van der Waals surface area contributed by atoms with E-state index < -0.39 is 0 Å². The highest BCUT2D eigenvalue weighted by Crippen LogP contribution is 2.56. The van der Waals surface area contributed by atoms with Crippen molar-refractivity contribution in [3.05, 3.63) is 72.1 Å². The van der Waals surface area contributed by atoms with Gasteiger partial charge in [0.05, 0.1) is 49.2 Å². The quantitative estimate of drug-likeness (QED) is 0.0305. The Labute approximate surface area is 411 Å². The molecule has 8 heteroatoms. The Morgan fingerprint density at radius 2 is 0.955 bits per heavy atom. The van der Waals surface area contributed by atoms with Gasteiger partial charge < -0.3 is 9.47 Å². The zero-order valence-corrected chi connectivity index (χ0v) is 43.6. The molecule has 0 amide bonds. The number of aromatic nitrogens is 2. The smallest absolute Gasteiger partial charge is 0.172 e. The van der Waals surface area contributed by atoms with Crippen molar-refractivity contribution in [1.82, 2.24) is 13.2 Å². The van der Waals surface area contributed by atoms with E-state index in [1.807, 2.05) is 11.3 Å². The van der Waals surface area contributed by atoms with E-state index in [1.165, 1.54) is 186 Å². The monoisotopic (exact) mass is 947 g/mol. The molecule has 1 aliphatic heterocycles. The van der Waals surface area contributed by atoms with Crippen LogP contribution in [0.3, 0.4) is 0 Å². The zero-order chi connectivity index (χ0) is 45.8. The minimum Gasteiger partial charge on any atom is -0.489 e. The summed E-state index contributed by atoms with van der Waals surface area (Å²) in [5.74, 6) is 1.67. The van der Waals surface area contributed by atoms with Gasteiger partial charge >= 0.3 is 0 Å². The first-order chi connectivity index (χ1) is 32.6. The van der Waals surface area contributed by atoms with E-state index in [-0.39, 0.29) is 0 Å². The summed E-state index contributed by atoms with van der Waals surface area (Å²) in [6.45, 7) is 12.8. The summed E-state index contributed by atoms with van der Waals surface area (Å²) in [4.78, 5) is 3.58. The normalized spacial score (nSPS) is 12.8. The first kappa shape index (κ1) is 50.3. The number of hydrogen-bond donors (Lipinski definition) is 0. The van der Waals surface area contributed by atoms with Crippen LogP contribution in [0.2, 0.25) is 0 Å². The molecule has 0 unspecified atom stereocenters. The zero-order valence-electron chi connectivity index (χ0n) is 41.1. The average Bonchev–Trinajstić information content (AvgIpc) is 4.19. The van der Waals surface area contributed by atoms with Crippen LogP contribution in [0, 0.1) is 0 Å². The first-order valence-electron chi connectivity index (χ1n) is 26.5. The number of quaternary nitrogens is 1. The first-order valence-corrected chi connectivity index (χ1v) is 28.9. The van der Waals surface area contributed by atoms with E-state index in [0.29, 0.717) is 13.2 Å². The lowest BCUT2D eigenvalue weighted by Crippen LogP contribution is -2.44. The predicted octanol–water partition coefficient (Wildman–Crippen LogP) is 19.6. The van der Waals surface area contributed by atoms with Gasteiger partial charge in [0.25, 0.3) is 0 Å². The molecule has 3 aromatic heterocycles. The number of unbranched alkanes of at least 4 members (excludes halogenated alkanes) is 20. The SMILES string of the molecule is CCCCCCCCOc1c(OCCCCCCCC)c(-c2ccc(-c3ccc4c(c3)[N+](CCCCCCCC)(CCCCCCCC)c3ccccc3-4)s2)c2nsnc2c1-c1cccs1. The predicted molar refractivity (Wildman–Crippen MR) is 291 cm³/mol. The lowest BCUT2D eigenvalue weighted by molar-refractivity contribution is 0.260. The Bertz CT molecular complexity index is 2310. The molecule has 0 radical (unpaired) electrons. The molecule has 0 atom stereocenters. The Morgan fingerprint density at radius 3 is 1.52 bits per heavy atom. The van der Waals surface area contributed by atoms with Crippen LogP contribution in [0.1, 0.15) is 182 Å². The van der Waals surface area contributed by atoms with Crippen molar-refractivity contribution in [2.75, 3.05) is 26.3 Å². The molecule has 0 N–H and O–H groups in total. The summed E-state index contributed by atoms with van der Waals surface area (Å²) in [6, 6.07) is 25.7. The topological polar surface area (TPSA) is 44.2 Å². The maximum Gasteiger partial charge on any atom is 0.172 e. The summed E-state index contributed by atoms with van der Waals surface area (Å²) in [6.07, 6.45) is 30.4. The lowest BCUT2D eigenvalue weighted by atomic mass is 10.0. The largest absolute Gasteiger partial charge is 0.489 e. The summed E-state index contributed by atoms with van der Waals surface area (Å²) < 4.78 is 25.1. The molecule has 3 aromatic carbocycles. The molecule has 0 fully saturated rings. The van der Waals surface area contributed by atoms with Gasteiger partial charge in [-0.3, -0.25) is 4.48 Å². The van der Waals surface area contributed by atoms with E-state index in [4.69, 9.17) is 18.2 Å². The van der Waals surface area contributed by atoms with Gasteiger partial charge in [0.2, 0.25) is 0 Å². The Kier molecular flexibility index (Phi) is 20.5. The number of fused-ring (bicyclic) bond motifs is 4. The molecular weight excluding hydrogens is 867 g/mol.